The number of nitrogens with zero attached hydrogens (tertiary/aromatic N) is 3. The van der Waals surface area contributed by atoms with Gasteiger partial charge in [0.2, 0.25) is 0 Å². The summed E-state index contributed by atoms with van der Waals surface area (Å²) in [5.41, 5.74) is 1.83. The molecule has 0 saturated heterocycles. The number of aromatic nitrogens is 2. The summed E-state index contributed by atoms with van der Waals surface area (Å²) in [7, 11) is 1.60. The molecule has 2 aromatic heterocycles. The van der Waals surface area contributed by atoms with Crippen molar-refractivity contribution in [1.29, 1.82) is 0 Å². The number of aryl methyl sites for hydroxylation is 1. The molecule has 0 aliphatic carbocycles. The fourth-order valence-electron chi connectivity index (χ4n) is 2.30. The minimum atomic E-state index is -0.253. The van der Waals surface area contributed by atoms with Gasteiger partial charge in [0.1, 0.15) is 5.02 Å². The van der Waals surface area contributed by atoms with Crippen LogP contribution in [0.3, 0.4) is 0 Å². The summed E-state index contributed by atoms with van der Waals surface area (Å²) in [6, 6.07) is 4.20. The van der Waals surface area contributed by atoms with Crippen molar-refractivity contribution in [2.24, 2.45) is 7.05 Å². The number of thiophene rings is 1. The van der Waals surface area contributed by atoms with Crippen LogP contribution in [-0.2, 0) is 7.05 Å². The van der Waals surface area contributed by atoms with Crippen molar-refractivity contribution in [2.45, 2.75) is 6.42 Å². The van der Waals surface area contributed by atoms with Crippen molar-refractivity contribution < 1.29 is 0 Å². The van der Waals surface area contributed by atoms with Crippen LogP contribution < -0.4 is 10.5 Å². The Kier molecular flexibility index (Phi) is 3.63. The maximum absolute atomic E-state index is 11.8. The number of halogens is 1. The first-order chi connectivity index (χ1) is 9.66. The molecule has 6 heteroatoms. The van der Waals surface area contributed by atoms with Gasteiger partial charge in [0.15, 0.2) is 0 Å². The maximum Gasteiger partial charge on any atom is 0.287 e. The van der Waals surface area contributed by atoms with Gasteiger partial charge in [0.05, 0.1) is 11.9 Å². The van der Waals surface area contributed by atoms with E-state index < -0.39 is 0 Å². The van der Waals surface area contributed by atoms with Gasteiger partial charge in [-0.3, -0.25) is 4.79 Å². The van der Waals surface area contributed by atoms with Crippen molar-refractivity contribution in [3.63, 3.8) is 0 Å². The fourth-order valence-corrected chi connectivity index (χ4v) is 3.38. The lowest BCUT2D eigenvalue weighted by Gasteiger charge is -2.28. The topological polar surface area (TPSA) is 38.1 Å². The van der Waals surface area contributed by atoms with E-state index in [-0.39, 0.29) is 10.6 Å². The maximum atomic E-state index is 11.8. The molecule has 0 N–H and O–H groups in total. The molecule has 0 amide bonds. The molecule has 1 aliphatic heterocycles. The van der Waals surface area contributed by atoms with Crippen LogP contribution in [0.25, 0.3) is 5.57 Å². The highest BCUT2D eigenvalue weighted by Gasteiger charge is 2.18. The molecule has 0 bridgehead atoms. The van der Waals surface area contributed by atoms with Crippen LogP contribution in [0.4, 0.5) is 5.69 Å². The Morgan fingerprint density at radius 3 is 2.95 bits per heavy atom. The first-order valence-electron chi connectivity index (χ1n) is 6.36. The van der Waals surface area contributed by atoms with Gasteiger partial charge in [0.25, 0.3) is 5.56 Å². The average Bonchev–Trinajstić information content (AvgIpc) is 3.00. The Labute approximate surface area is 125 Å². The molecule has 0 aromatic carbocycles. The van der Waals surface area contributed by atoms with E-state index in [9.17, 15) is 4.79 Å². The van der Waals surface area contributed by atoms with Crippen LogP contribution in [0.15, 0.2) is 34.6 Å². The van der Waals surface area contributed by atoms with Crippen molar-refractivity contribution in [1.82, 2.24) is 9.78 Å². The molecule has 0 radical (unpaired) electrons. The van der Waals surface area contributed by atoms with E-state index in [4.69, 9.17) is 11.6 Å². The molecule has 2 aromatic rings. The summed E-state index contributed by atoms with van der Waals surface area (Å²) in [5, 5.41) is 6.38. The Morgan fingerprint density at radius 2 is 2.30 bits per heavy atom. The molecule has 3 heterocycles. The monoisotopic (exact) mass is 307 g/mol. The standard InChI is InChI=1S/C14H14ClN3OS/c1-17-14(19)13(15)11(9-16-17)18-6-4-10(5-7-18)12-3-2-8-20-12/h2-4,8-9H,5-7H2,1H3. The first-order valence-corrected chi connectivity index (χ1v) is 7.62. The average molecular weight is 308 g/mol. The summed E-state index contributed by atoms with van der Waals surface area (Å²) in [5.74, 6) is 0. The van der Waals surface area contributed by atoms with Gasteiger partial charge >= 0.3 is 0 Å². The molecule has 0 saturated carbocycles. The summed E-state index contributed by atoms with van der Waals surface area (Å²) in [6.07, 6.45) is 4.81. The van der Waals surface area contributed by atoms with Gasteiger partial charge in [-0.2, -0.15) is 5.10 Å². The van der Waals surface area contributed by atoms with Gasteiger partial charge in [-0.1, -0.05) is 23.7 Å². The lowest BCUT2D eigenvalue weighted by molar-refractivity contribution is 0.700. The summed E-state index contributed by atoms with van der Waals surface area (Å²) in [6.45, 7) is 1.60. The van der Waals surface area contributed by atoms with E-state index in [1.54, 1.807) is 24.6 Å². The Bertz CT molecular complexity index is 706. The first kappa shape index (κ1) is 13.4. The van der Waals surface area contributed by atoms with Crippen LogP contribution >= 0.6 is 22.9 Å². The molecule has 104 valence electrons. The van der Waals surface area contributed by atoms with Crippen molar-refractivity contribution >= 4 is 34.2 Å². The summed E-state index contributed by atoms with van der Waals surface area (Å²) >= 11 is 7.89. The number of rotatable bonds is 2. The minimum Gasteiger partial charge on any atom is -0.365 e. The third kappa shape index (κ3) is 2.39. The zero-order chi connectivity index (χ0) is 14.1. The molecule has 0 unspecified atom stereocenters. The van der Waals surface area contributed by atoms with E-state index in [0.29, 0.717) is 0 Å². The second-order valence-electron chi connectivity index (χ2n) is 4.68. The zero-order valence-electron chi connectivity index (χ0n) is 11.0. The molecule has 1 aliphatic rings. The van der Waals surface area contributed by atoms with E-state index in [2.05, 4.69) is 33.6 Å². The van der Waals surface area contributed by atoms with Gasteiger partial charge in [-0.15, -0.1) is 11.3 Å². The predicted octanol–water partition coefficient (Wildman–Crippen LogP) is 2.79. The molecular formula is C14H14ClN3OS. The fraction of sp³-hybridized carbons (Fsp3) is 0.286. The van der Waals surface area contributed by atoms with Crippen molar-refractivity contribution in [3.8, 4) is 0 Å². The largest absolute Gasteiger partial charge is 0.365 e. The lowest BCUT2D eigenvalue weighted by Crippen LogP contribution is -2.31. The van der Waals surface area contributed by atoms with Crippen LogP contribution in [0, 0.1) is 0 Å². The zero-order valence-corrected chi connectivity index (χ0v) is 12.6. The van der Waals surface area contributed by atoms with Crippen LogP contribution in [0.5, 0.6) is 0 Å². The van der Waals surface area contributed by atoms with Gasteiger partial charge in [-0.25, -0.2) is 4.68 Å². The normalized spacial score (nSPS) is 15.3. The van der Waals surface area contributed by atoms with Crippen LogP contribution in [0.2, 0.25) is 5.02 Å². The van der Waals surface area contributed by atoms with Crippen molar-refractivity contribution in [3.05, 3.63) is 50.0 Å². The third-order valence-electron chi connectivity index (χ3n) is 3.45. The second kappa shape index (κ2) is 5.42. The molecule has 0 fully saturated rings. The van der Waals surface area contributed by atoms with Crippen molar-refractivity contribution in [2.75, 3.05) is 18.0 Å². The number of anilines is 1. The third-order valence-corrected chi connectivity index (χ3v) is 4.75. The Morgan fingerprint density at radius 1 is 1.45 bits per heavy atom. The van der Waals surface area contributed by atoms with Crippen LogP contribution in [0.1, 0.15) is 11.3 Å². The van der Waals surface area contributed by atoms with Crippen LogP contribution in [-0.4, -0.2) is 22.9 Å². The Balaban J connectivity index is 1.85. The Hall–Kier alpha value is -1.59. The van der Waals surface area contributed by atoms with E-state index in [0.717, 1.165) is 25.2 Å². The molecule has 4 nitrogen and oxygen atoms in total. The highest BCUT2D eigenvalue weighted by molar-refractivity contribution is 7.11. The quantitative estimate of drug-likeness (QED) is 0.856. The van der Waals surface area contributed by atoms with E-state index in [1.165, 1.54) is 15.1 Å². The molecule has 0 atom stereocenters. The predicted molar refractivity (Wildman–Crippen MR) is 83.6 cm³/mol. The minimum absolute atomic E-state index is 0.246. The molecule has 20 heavy (non-hydrogen) atoms. The smallest absolute Gasteiger partial charge is 0.287 e. The summed E-state index contributed by atoms with van der Waals surface area (Å²) < 4.78 is 1.25. The van der Waals surface area contributed by atoms with Gasteiger partial charge in [-0.05, 0) is 23.4 Å². The molecule has 3 rings (SSSR count). The van der Waals surface area contributed by atoms with Gasteiger partial charge in [0, 0.05) is 25.0 Å². The molecule has 0 spiro atoms. The van der Waals surface area contributed by atoms with Gasteiger partial charge < -0.3 is 4.90 Å². The highest BCUT2D eigenvalue weighted by Crippen LogP contribution is 2.29. The number of hydrogen-bond acceptors (Lipinski definition) is 4. The number of hydrogen-bond donors (Lipinski definition) is 0. The lowest BCUT2D eigenvalue weighted by atomic mass is 10.1. The highest BCUT2D eigenvalue weighted by atomic mass is 35.5. The second-order valence-corrected chi connectivity index (χ2v) is 6.00. The molecular weight excluding hydrogens is 294 g/mol. The summed E-state index contributed by atoms with van der Waals surface area (Å²) in [4.78, 5) is 15.2. The van der Waals surface area contributed by atoms with E-state index >= 15 is 0 Å². The van der Waals surface area contributed by atoms with E-state index in [1.807, 2.05) is 0 Å². The SMILES string of the molecule is Cn1ncc(N2CC=C(c3cccs3)CC2)c(Cl)c1=O.